The fourth-order valence-corrected chi connectivity index (χ4v) is 2.59. The van der Waals surface area contributed by atoms with Crippen LogP contribution in [0.4, 0.5) is 0 Å². The minimum atomic E-state index is -0.130. The Morgan fingerprint density at radius 3 is 2.62 bits per heavy atom. The van der Waals surface area contributed by atoms with Crippen LogP contribution in [0.5, 0.6) is 0 Å². The number of pyridine rings is 1. The van der Waals surface area contributed by atoms with Crippen molar-refractivity contribution in [3.8, 4) is 6.07 Å². The summed E-state index contributed by atoms with van der Waals surface area (Å²) in [7, 11) is 0. The van der Waals surface area contributed by atoms with Crippen LogP contribution in [-0.2, 0) is 16.1 Å². The monoisotopic (exact) mass is 279 g/mol. The van der Waals surface area contributed by atoms with Crippen molar-refractivity contribution in [3.63, 3.8) is 0 Å². The zero-order valence-corrected chi connectivity index (χ0v) is 11.6. The normalized spacial score (nSPS) is 14.8. The minimum absolute atomic E-state index is 0.130. The van der Waals surface area contributed by atoms with Crippen molar-refractivity contribution in [3.05, 3.63) is 41.1 Å². The number of amides is 2. The molecule has 21 heavy (non-hydrogen) atoms. The van der Waals surface area contributed by atoms with Gasteiger partial charge in [-0.3, -0.25) is 14.5 Å². The van der Waals surface area contributed by atoms with Gasteiger partial charge in [0, 0.05) is 18.2 Å². The summed E-state index contributed by atoms with van der Waals surface area (Å²) in [6.07, 6.45) is 0.588. The number of imide groups is 1. The molecular formula is C16H13N3O2. The molecule has 1 fully saturated rings. The number of aromatic nitrogens is 1. The lowest BCUT2D eigenvalue weighted by Gasteiger charge is -2.14. The molecular weight excluding hydrogens is 266 g/mol. The number of aryl methyl sites for hydroxylation is 1. The topological polar surface area (TPSA) is 74.1 Å². The highest BCUT2D eigenvalue weighted by molar-refractivity contribution is 6.01. The van der Waals surface area contributed by atoms with Crippen molar-refractivity contribution in [2.24, 2.45) is 0 Å². The fourth-order valence-electron chi connectivity index (χ4n) is 2.59. The van der Waals surface area contributed by atoms with Crippen molar-refractivity contribution in [1.82, 2.24) is 9.88 Å². The second-order valence-corrected chi connectivity index (χ2v) is 5.16. The number of benzene rings is 1. The van der Waals surface area contributed by atoms with Gasteiger partial charge in [0.2, 0.25) is 11.8 Å². The first-order valence-electron chi connectivity index (χ1n) is 6.72. The van der Waals surface area contributed by atoms with Crippen molar-refractivity contribution in [2.45, 2.75) is 26.3 Å². The van der Waals surface area contributed by atoms with Gasteiger partial charge in [0.05, 0.1) is 12.1 Å². The Morgan fingerprint density at radius 2 is 1.95 bits per heavy atom. The zero-order chi connectivity index (χ0) is 15.0. The smallest absolute Gasteiger partial charge is 0.229 e. The first kappa shape index (κ1) is 13.3. The van der Waals surface area contributed by atoms with Gasteiger partial charge in [-0.15, -0.1) is 0 Å². The van der Waals surface area contributed by atoms with Crippen molar-refractivity contribution >= 4 is 22.7 Å². The van der Waals surface area contributed by atoms with E-state index in [1.165, 1.54) is 4.90 Å². The molecule has 0 bridgehead atoms. The van der Waals surface area contributed by atoms with E-state index in [2.05, 4.69) is 4.98 Å². The van der Waals surface area contributed by atoms with Gasteiger partial charge in [0.1, 0.15) is 11.8 Å². The maximum atomic E-state index is 11.7. The molecule has 0 atom stereocenters. The van der Waals surface area contributed by atoms with E-state index >= 15 is 0 Å². The predicted molar refractivity (Wildman–Crippen MR) is 76.0 cm³/mol. The first-order valence-corrected chi connectivity index (χ1v) is 6.72. The molecule has 1 aromatic carbocycles. The minimum Gasteiger partial charge on any atom is -0.278 e. The summed E-state index contributed by atoms with van der Waals surface area (Å²) in [6.45, 7) is 2.20. The average molecular weight is 279 g/mol. The standard InChI is InChI=1S/C16H13N3O2/c1-10-6-12(8-17)18-14-7-11(2-3-13(10)14)9-19-15(20)4-5-16(19)21/h2-3,6-7H,4-5,9H2,1H3. The molecule has 0 N–H and O–H groups in total. The summed E-state index contributed by atoms with van der Waals surface area (Å²) in [5.41, 5.74) is 2.90. The molecule has 1 aliphatic heterocycles. The summed E-state index contributed by atoms with van der Waals surface area (Å²) in [4.78, 5) is 28.9. The van der Waals surface area contributed by atoms with Gasteiger partial charge in [0.15, 0.2) is 0 Å². The van der Waals surface area contributed by atoms with Crippen LogP contribution in [0, 0.1) is 18.3 Å². The zero-order valence-electron chi connectivity index (χ0n) is 11.6. The van der Waals surface area contributed by atoms with Crippen LogP contribution in [0.3, 0.4) is 0 Å². The number of nitrogens with zero attached hydrogens (tertiary/aromatic N) is 3. The maximum Gasteiger partial charge on any atom is 0.229 e. The lowest BCUT2D eigenvalue weighted by Crippen LogP contribution is -2.28. The Hall–Kier alpha value is -2.74. The Morgan fingerprint density at radius 1 is 1.24 bits per heavy atom. The van der Waals surface area contributed by atoms with Crippen LogP contribution >= 0.6 is 0 Å². The predicted octanol–water partition coefficient (Wildman–Crippen LogP) is 2.06. The Balaban J connectivity index is 1.99. The van der Waals surface area contributed by atoms with Gasteiger partial charge in [-0.2, -0.15) is 5.26 Å². The molecule has 0 aliphatic carbocycles. The number of rotatable bonds is 2. The van der Waals surface area contributed by atoms with E-state index in [-0.39, 0.29) is 18.4 Å². The Kier molecular flexibility index (Phi) is 3.15. The summed E-state index contributed by atoms with van der Waals surface area (Å²) in [6, 6.07) is 9.42. The van der Waals surface area contributed by atoms with Crippen molar-refractivity contribution in [2.75, 3.05) is 0 Å². The van der Waals surface area contributed by atoms with Crippen molar-refractivity contribution in [1.29, 1.82) is 5.26 Å². The van der Waals surface area contributed by atoms with Crippen LogP contribution in [0.25, 0.3) is 10.9 Å². The van der Waals surface area contributed by atoms with Gasteiger partial charge < -0.3 is 0 Å². The number of carbonyl (C=O) groups excluding carboxylic acids is 2. The van der Waals surface area contributed by atoms with Gasteiger partial charge in [-0.1, -0.05) is 12.1 Å². The maximum absolute atomic E-state index is 11.7. The summed E-state index contributed by atoms with van der Waals surface area (Å²) < 4.78 is 0. The van der Waals surface area contributed by atoms with E-state index in [4.69, 9.17) is 5.26 Å². The summed E-state index contributed by atoms with van der Waals surface area (Å²) in [5, 5.41) is 9.95. The van der Waals surface area contributed by atoms with E-state index in [1.807, 2.05) is 31.2 Å². The van der Waals surface area contributed by atoms with Gasteiger partial charge in [0.25, 0.3) is 0 Å². The largest absolute Gasteiger partial charge is 0.278 e. The molecule has 1 aromatic heterocycles. The molecule has 2 aromatic rings. The Bertz CT molecular complexity index is 789. The van der Waals surface area contributed by atoms with E-state index in [9.17, 15) is 9.59 Å². The molecule has 0 spiro atoms. The second kappa shape index (κ2) is 4.98. The van der Waals surface area contributed by atoms with Gasteiger partial charge in [-0.05, 0) is 30.2 Å². The highest BCUT2D eigenvalue weighted by atomic mass is 16.2. The third-order valence-electron chi connectivity index (χ3n) is 3.69. The van der Waals surface area contributed by atoms with Crippen LogP contribution in [0.1, 0.15) is 29.7 Å². The molecule has 2 heterocycles. The number of hydrogen-bond donors (Lipinski definition) is 0. The molecule has 0 radical (unpaired) electrons. The average Bonchev–Trinajstić information content (AvgIpc) is 2.78. The van der Waals surface area contributed by atoms with E-state index < -0.39 is 0 Å². The molecule has 1 saturated heterocycles. The highest BCUT2D eigenvalue weighted by Crippen LogP contribution is 2.22. The van der Waals surface area contributed by atoms with E-state index in [1.54, 1.807) is 6.07 Å². The molecule has 0 unspecified atom stereocenters. The number of likely N-dealkylation sites (tertiary alicyclic amines) is 1. The number of nitriles is 1. The molecule has 2 amide bonds. The van der Waals surface area contributed by atoms with Gasteiger partial charge in [-0.25, -0.2) is 4.98 Å². The van der Waals surface area contributed by atoms with Crippen LogP contribution in [0.2, 0.25) is 0 Å². The first-order chi connectivity index (χ1) is 10.1. The third kappa shape index (κ3) is 2.36. The molecule has 0 saturated carbocycles. The summed E-state index contributed by atoms with van der Waals surface area (Å²) >= 11 is 0. The fraction of sp³-hybridized carbons (Fsp3) is 0.250. The molecule has 1 aliphatic rings. The third-order valence-corrected chi connectivity index (χ3v) is 3.69. The van der Waals surface area contributed by atoms with E-state index in [0.29, 0.717) is 24.1 Å². The second-order valence-electron chi connectivity index (χ2n) is 5.16. The highest BCUT2D eigenvalue weighted by Gasteiger charge is 2.28. The van der Waals surface area contributed by atoms with Gasteiger partial charge >= 0.3 is 0 Å². The Labute approximate surface area is 121 Å². The number of fused-ring (bicyclic) bond motifs is 1. The molecule has 104 valence electrons. The molecule has 5 heteroatoms. The molecule has 3 rings (SSSR count). The van der Waals surface area contributed by atoms with Crippen molar-refractivity contribution < 1.29 is 9.59 Å². The van der Waals surface area contributed by atoms with Crippen LogP contribution in [0.15, 0.2) is 24.3 Å². The lowest BCUT2D eigenvalue weighted by atomic mass is 10.1. The number of carbonyl (C=O) groups is 2. The van der Waals surface area contributed by atoms with Crippen LogP contribution < -0.4 is 0 Å². The molecule has 5 nitrogen and oxygen atoms in total. The summed E-state index contributed by atoms with van der Waals surface area (Å²) in [5.74, 6) is -0.259. The lowest BCUT2D eigenvalue weighted by molar-refractivity contribution is -0.139. The SMILES string of the molecule is Cc1cc(C#N)nc2cc(CN3C(=O)CCC3=O)ccc12. The quantitative estimate of drug-likeness (QED) is 0.789. The van der Waals surface area contributed by atoms with Crippen LogP contribution in [-0.4, -0.2) is 21.7 Å². The van der Waals surface area contributed by atoms with E-state index in [0.717, 1.165) is 16.5 Å². The number of hydrogen-bond acceptors (Lipinski definition) is 4.